The fourth-order valence-electron chi connectivity index (χ4n) is 1.02. The molecule has 0 atom stereocenters. The van der Waals surface area contributed by atoms with Crippen molar-refractivity contribution in [2.24, 2.45) is 5.41 Å². The van der Waals surface area contributed by atoms with Crippen LogP contribution in [-0.4, -0.2) is 12.6 Å². The minimum atomic E-state index is -0.298. The van der Waals surface area contributed by atoms with Gasteiger partial charge in [0.05, 0.1) is 11.5 Å². The Hall–Kier alpha value is -0.790. The molecule has 17 heavy (non-hydrogen) atoms. The van der Waals surface area contributed by atoms with Gasteiger partial charge in [0.25, 0.3) is 0 Å². The molecule has 1 heterocycles. The maximum Gasteiger partial charge on any atom is 0.349 e. The van der Waals surface area contributed by atoms with Crippen molar-refractivity contribution in [1.29, 1.82) is 0 Å². The Morgan fingerprint density at radius 1 is 1.53 bits per heavy atom. The van der Waals surface area contributed by atoms with Crippen molar-refractivity contribution in [3.63, 3.8) is 0 Å². The number of hydrogen-bond acceptors (Lipinski definition) is 3. The first-order chi connectivity index (χ1) is 7.83. The van der Waals surface area contributed by atoms with Crippen molar-refractivity contribution < 1.29 is 9.53 Å². The van der Waals surface area contributed by atoms with Gasteiger partial charge >= 0.3 is 5.97 Å². The van der Waals surface area contributed by atoms with Crippen LogP contribution in [0, 0.1) is 17.3 Å². The molecule has 92 valence electrons. The van der Waals surface area contributed by atoms with Crippen LogP contribution >= 0.6 is 27.3 Å². The van der Waals surface area contributed by atoms with Crippen molar-refractivity contribution in [1.82, 2.24) is 0 Å². The molecule has 0 N–H and O–H groups in total. The van der Waals surface area contributed by atoms with Crippen LogP contribution in [0.1, 0.15) is 42.2 Å². The average Bonchev–Trinajstić information content (AvgIpc) is 2.56. The molecular weight excluding hydrogens is 300 g/mol. The lowest BCUT2D eigenvalue weighted by Crippen LogP contribution is -2.02. The van der Waals surface area contributed by atoms with Crippen LogP contribution in [0.25, 0.3) is 0 Å². The predicted molar refractivity (Wildman–Crippen MR) is 74.3 cm³/mol. The van der Waals surface area contributed by atoms with Crippen LogP contribution in [0.3, 0.4) is 0 Å². The smallest absolute Gasteiger partial charge is 0.349 e. The van der Waals surface area contributed by atoms with Crippen molar-refractivity contribution in [3.8, 4) is 11.8 Å². The number of ether oxygens (including phenoxy) is 1. The van der Waals surface area contributed by atoms with Crippen molar-refractivity contribution in [2.45, 2.75) is 27.7 Å². The van der Waals surface area contributed by atoms with Gasteiger partial charge in [0.1, 0.15) is 4.88 Å². The highest BCUT2D eigenvalue weighted by Gasteiger charge is 2.15. The van der Waals surface area contributed by atoms with E-state index in [0.717, 1.165) is 9.35 Å². The van der Waals surface area contributed by atoms with Gasteiger partial charge in [0.2, 0.25) is 0 Å². The molecule has 2 nitrogen and oxygen atoms in total. The van der Waals surface area contributed by atoms with Gasteiger partial charge in [0, 0.05) is 9.89 Å². The minimum absolute atomic E-state index is 0.0411. The third-order valence-electron chi connectivity index (χ3n) is 1.71. The zero-order chi connectivity index (χ0) is 13.1. The van der Waals surface area contributed by atoms with Gasteiger partial charge in [-0.2, -0.15) is 0 Å². The van der Waals surface area contributed by atoms with Gasteiger partial charge in [-0.1, -0.05) is 11.8 Å². The molecule has 0 aliphatic heterocycles. The Morgan fingerprint density at radius 2 is 2.18 bits per heavy atom. The van der Waals surface area contributed by atoms with E-state index < -0.39 is 0 Å². The first kappa shape index (κ1) is 14.3. The molecule has 0 bridgehead atoms. The second-order valence-electron chi connectivity index (χ2n) is 4.51. The van der Waals surface area contributed by atoms with E-state index in [1.54, 1.807) is 6.92 Å². The van der Waals surface area contributed by atoms with Gasteiger partial charge in [0.15, 0.2) is 0 Å². The first-order valence-electron chi connectivity index (χ1n) is 5.33. The molecule has 1 aromatic rings. The molecule has 1 aromatic heterocycles. The number of carbonyl (C=O) groups is 1. The largest absolute Gasteiger partial charge is 0.462 e. The summed E-state index contributed by atoms with van der Waals surface area (Å²) in [6.45, 7) is 8.32. The highest BCUT2D eigenvalue weighted by atomic mass is 79.9. The summed E-state index contributed by atoms with van der Waals surface area (Å²) in [6.07, 6.45) is 0. The summed E-state index contributed by atoms with van der Waals surface area (Å²) in [6, 6.07) is 1.86. The first-order valence-corrected chi connectivity index (χ1v) is 6.94. The lowest BCUT2D eigenvalue weighted by Gasteiger charge is -2.06. The van der Waals surface area contributed by atoms with Gasteiger partial charge in [-0.25, -0.2) is 4.79 Å². The fraction of sp³-hybridized carbons (Fsp3) is 0.462. The molecule has 0 saturated carbocycles. The quantitative estimate of drug-likeness (QED) is 0.607. The lowest BCUT2D eigenvalue weighted by molar-refractivity contribution is 0.0531. The van der Waals surface area contributed by atoms with Crippen LogP contribution < -0.4 is 0 Å². The highest BCUT2D eigenvalue weighted by molar-refractivity contribution is 9.10. The number of halogens is 1. The standard InChI is InChI=1S/C13H15BrO2S/c1-5-16-12(15)11-10(14)8-9(17-11)6-7-13(2,3)4/h8H,5H2,1-4H3. The maximum atomic E-state index is 11.6. The van der Waals surface area contributed by atoms with E-state index in [-0.39, 0.29) is 11.4 Å². The fourth-order valence-corrected chi connectivity index (χ4v) is 2.60. The molecule has 0 aliphatic carbocycles. The zero-order valence-electron chi connectivity index (χ0n) is 10.4. The van der Waals surface area contributed by atoms with Crippen LogP contribution in [0.15, 0.2) is 10.5 Å². The van der Waals surface area contributed by atoms with Gasteiger partial charge in [-0.05, 0) is 49.7 Å². The predicted octanol–water partition coefficient (Wildman–Crippen LogP) is 4.08. The summed E-state index contributed by atoms with van der Waals surface area (Å²) >= 11 is 4.70. The molecule has 4 heteroatoms. The molecular formula is C13H15BrO2S. The van der Waals surface area contributed by atoms with Crippen molar-refractivity contribution in [2.75, 3.05) is 6.61 Å². The number of thiophene rings is 1. The van der Waals surface area contributed by atoms with Crippen molar-refractivity contribution in [3.05, 3.63) is 20.3 Å². The summed E-state index contributed by atoms with van der Waals surface area (Å²) in [5.74, 6) is 5.91. The van der Waals surface area contributed by atoms with E-state index >= 15 is 0 Å². The molecule has 0 spiro atoms. The van der Waals surface area contributed by atoms with E-state index in [0.29, 0.717) is 11.5 Å². The van der Waals surface area contributed by atoms with E-state index in [4.69, 9.17) is 4.74 Å². The monoisotopic (exact) mass is 314 g/mol. The number of carbonyl (C=O) groups excluding carboxylic acids is 1. The SMILES string of the molecule is CCOC(=O)c1sc(C#CC(C)(C)C)cc1Br. The molecule has 0 saturated heterocycles. The Labute approximate surface area is 114 Å². The maximum absolute atomic E-state index is 11.6. The Kier molecular flexibility index (Phi) is 4.79. The molecule has 0 radical (unpaired) electrons. The number of esters is 1. The summed E-state index contributed by atoms with van der Waals surface area (Å²) in [5.41, 5.74) is -0.0411. The van der Waals surface area contributed by atoms with Crippen LogP contribution in [0.4, 0.5) is 0 Å². The Bertz CT molecular complexity index is 472. The summed E-state index contributed by atoms with van der Waals surface area (Å²) < 4.78 is 5.71. The van der Waals surface area contributed by atoms with E-state index in [9.17, 15) is 4.79 Å². The van der Waals surface area contributed by atoms with Gasteiger partial charge in [-0.15, -0.1) is 11.3 Å². The summed E-state index contributed by atoms with van der Waals surface area (Å²) in [5, 5.41) is 0. The molecule has 0 aromatic carbocycles. The van der Waals surface area contributed by atoms with E-state index in [2.05, 4.69) is 48.5 Å². The molecule has 0 aliphatic rings. The molecule has 1 rings (SSSR count). The third-order valence-corrected chi connectivity index (χ3v) is 3.63. The topological polar surface area (TPSA) is 26.3 Å². The van der Waals surface area contributed by atoms with Gasteiger partial charge in [-0.3, -0.25) is 0 Å². The van der Waals surface area contributed by atoms with Crippen LogP contribution in [0.5, 0.6) is 0 Å². The summed E-state index contributed by atoms with van der Waals surface area (Å²) in [4.78, 5) is 13.0. The van der Waals surface area contributed by atoms with E-state index in [1.165, 1.54) is 11.3 Å². The van der Waals surface area contributed by atoms with Crippen LogP contribution in [-0.2, 0) is 4.74 Å². The normalized spacial score (nSPS) is 10.6. The second-order valence-corrected chi connectivity index (χ2v) is 6.41. The Balaban J connectivity index is 2.95. The Morgan fingerprint density at radius 3 is 2.71 bits per heavy atom. The van der Waals surface area contributed by atoms with Crippen LogP contribution in [0.2, 0.25) is 0 Å². The molecule has 0 amide bonds. The van der Waals surface area contributed by atoms with Crippen molar-refractivity contribution >= 4 is 33.2 Å². The number of rotatable bonds is 2. The zero-order valence-corrected chi connectivity index (χ0v) is 12.8. The summed E-state index contributed by atoms with van der Waals surface area (Å²) in [7, 11) is 0. The average molecular weight is 315 g/mol. The molecule has 0 unspecified atom stereocenters. The number of hydrogen-bond donors (Lipinski definition) is 0. The second kappa shape index (κ2) is 5.70. The molecule has 0 fully saturated rings. The third kappa shape index (κ3) is 4.53. The van der Waals surface area contributed by atoms with E-state index in [1.807, 2.05) is 6.07 Å². The van der Waals surface area contributed by atoms with Gasteiger partial charge < -0.3 is 4.74 Å². The highest BCUT2D eigenvalue weighted by Crippen LogP contribution is 2.28. The lowest BCUT2D eigenvalue weighted by atomic mass is 9.98. The minimum Gasteiger partial charge on any atom is -0.462 e.